The lowest BCUT2D eigenvalue weighted by atomic mass is 10.1. The van der Waals surface area contributed by atoms with Gasteiger partial charge in [-0.3, -0.25) is 14.9 Å². The summed E-state index contributed by atoms with van der Waals surface area (Å²) in [7, 11) is 0. The summed E-state index contributed by atoms with van der Waals surface area (Å²) in [5, 5.41) is 10.9. The fraction of sp³-hybridized carbons (Fsp3) is 0.278. The number of hydrogen-bond acceptors (Lipinski definition) is 4. The first-order valence-electron chi connectivity index (χ1n) is 7.73. The van der Waals surface area contributed by atoms with Gasteiger partial charge in [0.2, 0.25) is 5.91 Å². The summed E-state index contributed by atoms with van der Waals surface area (Å²) in [5.41, 5.74) is 4.12. The highest BCUT2D eigenvalue weighted by atomic mass is 32.2. The molecule has 0 N–H and O–H groups in total. The maximum Gasteiger partial charge on any atom is 0.269 e. The van der Waals surface area contributed by atoms with Gasteiger partial charge in [-0.15, -0.1) is 11.8 Å². The van der Waals surface area contributed by atoms with Gasteiger partial charge in [0.05, 0.1) is 10.7 Å². The van der Waals surface area contributed by atoms with Crippen molar-refractivity contribution in [3.63, 3.8) is 0 Å². The number of non-ortho nitro benzene ring substituents is 1. The third-order valence-corrected chi connectivity index (χ3v) is 5.31. The van der Waals surface area contributed by atoms with E-state index in [1.165, 1.54) is 29.0 Å². The van der Waals surface area contributed by atoms with Crippen molar-refractivity contribution in [1.82, 2.24) is 0 Å². The standard InChI is InChI=1S/C18H18N2O3S/c1-12-3-6-17(13(2)9-12)24-11-18(21)19-8-7-14-10-15(20(22)23)4-5-16(14)19/h3-6,9-10H,7-8,11H2,1-2H3. The second-order valence-electron chi connectivity index (χ2n) is 5.92. The predicted octanol–water partition coefficient (Wildman–Crippen LogP) is 3.89. The Hall–Kier alpha value is -2.34. The Morgan fingerprint density at radius 1 is 1.25 bits per heavy atom. The quantitative estimate of drug-likeness (QED) is 0.480. The normalized spacial score (nSPS) is 13.0. The summed E-state index contributed by atoms with van der Waals surface area (Å²) in [6.45, 7) is 4.68. The molecule has 1 aliphatic heterocycles. The monoisotopic (exact) mass is 342 g/mol. The van der Waals surface area contributed by atoms with E-state index < -0.39 is 4.92 Å². The van der Waals surface area contributed by atoms with Crippen LogP contribution < -0.4 is 4.90 Å². The van der Waals surface area contributed by atoms with Crippen molar-refractivity contribution in [3.8, 4) is 0 Å². The van der Waals surface area contributed by atoms with Gasteiger partial charge in [-0.1, -0.05) is 17.7 Å². The molecule has 1 heterocycles. The molecule has 5 nitrogen and oxygen atoms in total. The molecule has 0 saturated carbocycles. The van der Waals surface area contributed by atoms with Crippen LogP contribution in [0.25, 0.3) is 0 Å². The summed E-state index contributed by atoms with van der Waals surface area (Å²) in [6, 6.07) is 10.9. The van der Waals surface area contributed by atoms with Crippen LogP contribution in [0.2, 0.25) is 0 Å². The lowest BCUT2D eigenvalue weighted by Gasteiger charge is -2.17. The number of rotatable bonds is 4. The Balaban J connectivity index is 1.70. The summed E-state index contributed by atoms with van der Waals surface area (Å²) in [6.07, 6.45) is 0.664. The molecule has 124 valence electrons. The molecule has 0 aliphatic carbocycles. The van der Waals surface area contributed by atoms with Gasteiger partial charge in [-0.2, -0.15) is 0 Å². The Bertz CT molecular complexity index is 820. The summed E-state index contributed by atoms with van der Waals surface area (Å²) < 4.78 is 0. The minimum absolute atomic E-state index is 0.0348. The molecule has 0 bridgehead atoms. The SMILES string of the molecule is Cc1ccc(SCC(=O)N2CCc3cc([N+](=O)[O-])ccc32)c(C)c1. The van der Waals surface area contributed by atoms with Crippen LogP contribution in [-0.4, -0.2) is 23.1 Å². The molecular weight excluding hydrogens is 324 g/mol. The first kappa shape index (κ1) is 16.5. The van der Waals surface area contributed by atoms with Crippen LogP contribution in [-0.2, 0) is 11.2 Å². The van der Waals surface area contributed by atoms with Gasteiger partial charge in [0.25, 0.3) is 5.69 Å². The van der Waals surface area contributed by atoms with Gasteiger partial charge < -0.3 is 4.90 Å². The minimum Gasteiger partial charge on any atom is -0.311 e. The van der Waals surface area contributed by atoms with Crippen molar-refractivity contribution in [2.24, 2.45) is 0 Å². The average molecular weight is 342 g/mol. The lowest BCUT2D eigenvalue weighted by molar-refractivity contribution is -0.384. The third kappa shape index (κ3) is 3.28. The predicted molar refractivity (Wildman–Crippen MR) is 95.8 cm³/mol. The molecule has 6 heteroatoms. The van der Waals surface area contributed by atoms with Crippen LogP contribution in [0.15, 0.2) is 41.3 Å². The molecule has 0 radical (unpaired) electrons. The highest BCUT2D eigenvalue weighted by molar-refractivity contribution is 8.00. The summed E-state index contributed by atoms with van der Waals surface area (Å²) in [4.78, 5) is 25.8. The number of carbonyl (C=O) groups is 1. The van der Waals surface area contributed by atoms with Crippen molar-refractivity contribution in [3.05, 3.63) is 63.2 Å². The number of anilines is 1. The number of thioether (sulfide) groups is 1. The zero-order chi connectivity index (χ0) is 17.3. The van der Waals surface area contributed by atoms with E-state index in [4.69, 9.17) is 0 Å². The van der Waals surface area contributed by atoms with Gasteiger partial charge >= 0.3 is 0 Å². The Morgan fingerprint density at radius 3 is 2.75 bits per heavy atom. The Kier molecular flexibility index (Phi) is 4.57. The molecule has 0 saturated heterocycles. The zero-order valence-corrected chi connectivity index (χ0v) is 14.4. The number of nitrogens with zero attached hydrogens (tertiary/aromatic N) is 2. The second kappa shape index (κ2) is 6.65. The molecule has 1 aliphatic rings. The number of hydrogen-bond donors (Lipinski definition) is 0. The van der Waals surface area contributed by atoms with Crippen LogP contribution in [0.3, 0.4) is 0 Å². The highest BCUT2D eigenvalue weighted by Crippen LogP contribution is 2.32. The van der Waals surface area contributed by atoms with Crippen molar-refractivity contribution in [1.29, 1.82) is 0 Å². The maximum absolute atomic E-state index is 12.5. The topological polar surface area (TPSA) is 63.5 Å². The van der Waals surface area contributed by atoms with E-state index in [0.717, 1.165) is 16.1 Å². The molecule has 0 unspecified atom stereocenters. The number of nitro groups is 1. The summed E-state index contributed by atoms with van der Waals surface area (Å²) in [5.74, 6) is 0.396. The number of amides is 1. The first-order chi connectivity index (χ1) is 11.5. The lowest BCUT2D eigenvalue weighted by Crippen LogP contribution is -2.30. The smallest absolute Gasteiger partial charge is 0.269 e. The van der Waals surface area contributed by atoms with E-state index in [2.05, 4.69) is 6.07 Å². The third-order valence-electron chi connectivity index (χ3n) is 4.15. The minimum atomic E-state index is -0.402. The molecule has 0 spiro atoms. The van der Waals surface area contributed by atoms with Gasteiger partial charge in [0, 0.05) is 29.3 Å². The van der Waals surface area contributed by atoms with Crippen LogP contribution in [0, 0.1) is 24.0 Å². The number of benzene rings is 2. The van der Waals surface area contributed by atoms with Crippen LogP contribution in [0.4, 0.5) is 11.4 Å². The van der Waals surface area contributed by atoms with E-state index in [1.54, 1.807) is 17.0 Å². The van der Waals surface area contributed by atoms with E-state index in [-0.39, 0.29) is 11.6 Å². The molecule has 0 aromatic heterocycles. The van der Waals surface area contributed by atoms with Gasteiger partial charge in [0.15, 0.2) is 0 Å². The molecule has 3 rings (SSSR count). The molecule has 2 aromatic rings. The van der Waals surface area contributed by atoms with Crippen LogP contribution in [0.5, 0.6) is 0 Å². The Labute approximate surface area is 144 Å². The van der Waals surface area contributed by atoms with Crippen molar-refractivity contribution >= 4 is 29.0 Å². The average Bonchev–Trinajstić information content (AvgIpc) is 2.96. The number of nitro benzene ring substituents is 1. The van der Waals surface area contributed by atoms with E-state index in [1.807, 2.05) is 26.0 Å². The van der Waals surface area contributed by atoms with Crippen molar-refractivity contribution in [2.75, 3.05) is 17.2 Å². The van der Waals surface area contributed by atoms with Crippen molar-refractivity contribution in [2.45, 2.75) is 25.2 Å². The molecular formula is C18H18N2O3S. The highest BCUT2D eigenvalue weighted by Gasteiger charge is 2.26. The van der Waals surface area contributed by atoms with Crippen molar-refractivity contribution < 1.29 is 9.72 Å². The number of carbonyl (C=O) groups excluding carboxylic acids is 1. The zero-order valence-electron chi connectivity index (χ0n) is 13.6. The second-order valence-corrected chi connectivity index (χ2v) is 6.94. The largest absolute Gasteiger partial charge is 0.311 e. The van der Waals surface area contributed by atoms with Crippen LogP contribution in [0.1, 0.15) is 16.7 Å². The molecule has 2 aromatic carbocycles. The van der Waals surface area contributed by atoms with E-state index in [9.17, 15) is 14.9 Å². The fourth-order valence-corrected chi connectivity index (χ4v) is 3.83. The first-order valence-corrected chi connectivity index (χ1v) is 8.72. The summed E-state index contributed by atoms with van der Waals surface area (Å²) >= 11 is 1.53. The van der Waals surface area contributed by atoms with Gasteiger partial charge in [-0.05, 0) is 43.5 Å². The van der Waals surface area contributed by atoms with E-state index >= 15 is 0 Å². The number of aryl methyl sites for hydroxylation is 2. The molecule has 0 fully saturated rings. The van der Waals surface area contributed by atoms with Crippen LogP contribution >= 0.6 is 11.8 Å². The number of fused-ring (bicyclic) bond motifs is 1. The molecule has 24 heavy (non-hydrogen) atoms. The van der Waals surface area contributed by atoms with Gasteiger partial charge in [-0.25, -0.2) is 0 Å². The fourth-order valence-electron chi connectivity index (χ4n) is 2.94. The molecule has 1 amide bonds. The Morgan fingerprint density at radius 2 is 2.04 bits per heavy atom. The maximum atomic E-state index is 12.5. The van der Waals surface area contributed by atoms with Gasteiger partial charge in [0.1, 0.15) is 0 Å². The van der Waals surface area contributed by atoms with E-state index in [0.29, 0.717) is 18.7 Å². The molecule has 0 atom stereocenters.